The number of thiazole rings is 1. The summed E-state index contributed by atoms with van der Waals surface area (Å²) in [6.45, 7) is 0. The molecule has 0 fully saturated rings. The van der Waals surface area contributed by atoms with E-state index in [9.17, 15) is 0 Å². The van der Waals surface area contributed by atoms with E-state index in [-0.39, 0.29) is 0 Å². The molecular formula is C10H9N5S. The normalized spacial score (nSPS) is 11.1. The topological polar surface area (TPSA) is 69.6 Å². The minimum absolute atomic E-state index is 0.551. The summed E-state index contributed by atoms with van der Waals surface area (Å²) < 4.78 is 1.92. The highest BCUT2D eigenvalue weighted by molar-refractivity contribution is 7.13. The lowest BCUT2D eigenvalue weighted by Gasteiger charge is -1.96. The third-order valence-electron chi connectivity index (χ3n) is 2.38. The van der Waals surface area contributed by atoms with Crippen molar-refractivity contribution in [2.75, 3.05) is 5.73 Å². The number of imidazole rings is 1. The molecule has 0 saturated heterocycles. The molecule has 0 amide bonds. The van der Waals surface area contributed by atoms with Crippen LogP contribution in [0.25, 0.3) is 22.7 Å². The van der Waals surface area contributed by atoms with Gasteiger partial charge in [0.1, 0.15) is 11.2 Å². The van der Waals surface area contributed by atoms with Gasteiger partial charge in [-0.2, -0.15) is 0 Å². The summed E-state index contributed by atoms with van der Waals surface area (Å²) in [6.07, 6.45) is 1.75. The molecule has 0 bridgehead atoms. The van der Waals surface area contributed by atoms with Crippen molar-refractivity contribution >= 4 is 27.6 Å². The molecule has 0 saturated carbocycles. The van der Waals surface area contributed by atoms with Crippen LogP contribution in [0, 0.1) is 0 Å². The zero-order chi connectivity index (χ0) is 11.1. The Labute approximate surface area is 95.6 Å². The number of aryl methyl sites for hydroxylation is 1. The first-order valence-corrected chi connectivity index (χ1v) is 5.62. The highest BCUT2D eigenvalue weighted by atomic mass is 32.1. The van der Waals surface area contributed by atoms with Gasteiger partial charge in [0.05, 0.1) is 0 Å². The number of nitrogens with zero attached hydrogens (tertiary/aromatic N) is 4. The number of hydrogen-bond acceptors (Lipinski definition) is 5. The number of rotatable bonds is 1. The molecule has 0 aromatic carbocycles. The van der Waals surface area contributed by atoms with E-state index in [4.69, 9.17) is 5.73 Å². The molecule has 6 heteroatoms. The number of aromatic nitrogens is 4. The third kappa shape index (κ3) is 1.27. The first-order valence-electron chi connectivity index (χ1n) is 4.74. The predicted octanol–water partition coefficient (Wildman–Crippen LogP) is 1.67. The second-order valence-electron chi connectivity index (χ2n) is 3.41. The molecule has 2 N–H and O–H groups in total. The molecule has 0 aliphatic heterocycles. The van der Waals surface area contributed by atoms with Crippen LogP contribution in [-0.4, -0.2) is 19.5 Å². The summed E-state index contributed by atoms with van der Waals surface area (Å²) in [5.74, 6) is 0.793. The Kier molecular flexibility index (Phi) is 1.90. The van der Waals surface area contributed by atoms with Crippen molar-refractivity contribution in [2.24, 2.45) is 7.05 Å². The van der Waals surface area contributed by atoms with Gasteiger partial charge < -0.3 is 10.3 Å². The molecule has 0 atom stereocenters. The fourth-order valence-electron chi connectivity index (χ4n) is 1.64. The quantitative estimate of drug-likeness (QED) is 0.691. The van der Waals surface area contributed by atoms with Crippen molar-refractivity contribution < 1.29 is 0 Å². The first kappa shape index (κ1) is 9.29. The van der Waals surface area contributed by atoms with E-state index in [1.807, 2.05) is 29.1 Å². The Morgan fingerprint density at radius 2 is 2.25 bits per heavy atom. The Hall–Kier alpha value is -1.95. The van der Waals surface area contributed by atoms with Gasteiger partial charge in [0.25, 0.3) is 0 Å². The summed E-state index contributed by atoms with van der Waals surface area (Å²) in [5.41, 5.74) is 8.13. The largest absolute Gasteiger partial charge is 0.375 e. The number of nitrogen functional groups attached to an aromatic ring is 1. The van der Waals surface area contributed by atoms with Gasteiger partial charge in [0, 0.05) is 18.6 Å². The molecule has 0 unspecified atom stereocenters. The van der Waals surface area contributed by atoms with E-state index in [0.29, 0.717) is 5.13 Å². The van der Waals surface area contributed by atoms with Crippen LogP contribution in [0.2, 0.25) is 0 Å². The lowest BCUT2D eigenvalue weighted by atomic mass is 10.4. The molecule has 0 spiro atoms. The lowest BCUT2D eigenvalue weighted by Crippen LogP contribution is -1.94. The fraction of sp³-hybridized carbons (Fsp3) is 0.100. The lowest BCUT2D eigenvalue weighted by molar-refractivity contribution is 0.937. The first-order chi connectivity index (χ1) is 7.75. The molecule has 3 rings (SSSR count). The SMILES string of the molecule is Cn1c(-c2csc(N)n2)nc2cccnc21. The van der Waals surface area contributed by atoms with Crippen molar-refractivity contribution in [1.82, 2.24) is 19.5 Å². The third-order valence-corrected chi connectivity index (χ3v) is 3.05. The monoisotopic (exact) mass is 231 g/mol. The maximum absolute atomic E-state index is 5.61. The Morgan fingerprint density at radius 1 is 1.38 bits per heavy atom. The highest BCUT2D eigenvalue weighted by Gasteiger charge is 2.12. The number of pyridine rings is 1. The van der Waals surface area contributed by atoms with Gasteiger partial charge in [0.15, 0.2) is 16.6 Å². The number of fused-ring (bicyclic) bond motifs is 1. The predicted molar refractivity (Wildman–Crippen MR) is 64.0 cm³/mol. The number of nitrogens with two attached hydrogens (primary N) is 1. The summed E-state index contributed by atoms with van der Waals surface area (Å²) in [4.78, 5) is 13.0. The van der Waals surface area contributed by atoms with E-state index in [1.165, 1.54) is 11.3 Å². The van der Waals surface area contributed by atoms with E-state index in [1.54, 1.807) is 6.20 Å². The smallest absolute Gasteiger partial charge is 0.180 e. The maximum atomic E-state index is 5.61. The standard InChI is InChI=1S/C10H9N5S/c1-15-8-6(3-2-4-12-8)13-9(15)7-5-16-10(11)14-7/h2-5H,1H3,(H2,11,14). The van der Waals surface area contributed by atoms with Crippen LogP contribution >= 0.6 is 11.3 Å². The molecular weight excluding hydrogens is 222 g/mol. The Balaban J connectivity index is 2.28. The maximum Gasteiger partial charge on any atom is 0.180 e. The van der Waals surface area contributed by atoms with Gasteiger partial charge in [0.2, 0.25) is 0 Å². The summed E-state index contributed by atoms with van der Waals surface area (Å²) >= 11 is 1.41. The molecule has 0 aliphatic carbocycles. The minimum Gasteiger partial charge on any atom is -0.375 e. The average Bonchev–Trinajstić information content (AvgIpc) is 2.84. The van der Waals surface area contributed by atoms with Crippen molar-refractivity contribution in [3.63, 3.8) is 0 Å². The van der Waals surface area contributed by atoms with Crippen LogP contribution in [0.1, 0.15) is 0 Å². The van der Waals surface area contributed by atoms with Crippen LogP contribution in [0.3, 0.4) is 0 Å². The molecule has 3 aromatic rings. The van der Waals surface area contributed by atoms with Crippen LogP contribution in [0.15, 0.2) is 23.7 Å². The second-order valence-corrected chi connectivity index (χ2v) is 4.30. The number of anilines is 1. The Bertz CT molecular complexity index is 654. The zero-order valence-electron chi connectivity index (χ0n) is 8.58. The van der Waals surface area contributed by atoms with Gasteiger partial charge in [-0.1, -0.05) is 0 Å². The summed E-state index contributed by atoms with van der Waals surface area (Å²) in [5, 5.41) is 2.45. The van der Waals surface area contributed by atoms with Crippen LogP contribution < -0.4 is 5.73 Å². The van der Waals surface area contributed by atoms with Gasteiger partial charge in [-0.25, -0.2) is 15.0 Å². The van der Waals surface area contributed by atoms with Gasteiger partial charge >= 0.3 is 0 Å². The van der Waals surface area contributed by atoms with E-state index < -0.39 is 0 Å². The summed E-state index contributed by atoms with van der Waals surface area (Å²) in [7, 11) is 1.92. The summed E-state index contributed by atoms with van der Waals surface area (Å²) in [6, 6.07) is 3.80. The van der Waals surface area contributed by atoms with Crippen molar-refractivity contribution in [3.8, 4) is 11.5 Å². The van der Waals surface area contributed by atoms with Crippen LogP contribution in [-0.2, 0) is 7.05 Å². The van der Waals surface area contributed by atoms with Crippen molar-refractivity contribution in [3.05, 3.63) is 23.7 Å². The zero-order valence-corrected chi connectivity index (χ0v) is 9.40. The Morgan fingerprint density at radius 3 is 2.94 bits per heavy atom. The minimum atomic E-state index is 0.551. The molecule has 5 nitrogen and oxygen atoms in total. The molecule has 0 aliphatic rings. The molecule has 3 heterocycles. The van der Waals surface area contributed by atoms with Crippen LogP contribution in [0.5, 0.6) is 0 Å². The van der Waals surface area contributed by atoms with E-state index >= 15 is 0 Å². The van der Waals surface area contributed by atoms with Crippen molar-refractivity contribution in [1.29, 1.82) is 0 Å². The van der Waals surface area contributed by atoms with Crippen LogP contribution in [0.4, 0.5) is 5.13 Å². The molecule has 16 heavy (non-hydrogen) atoms. The highest BCUT2D eigenvalue weighted by Crippen LogP contribution is 2.24. The van der Waals surface area contributed by atoms with Gasteiger partial charge in [-0.05, 0) is 12.1 Å². The second kappa shape index (κ2) is 3.28. The fourth-order valence-corrected chi connectivity index (χ4v) is 2.18. The average molecular weight is 231 g/mol. The van der Waals surface area contributed by atoms with Gasteiger partial charge in [-0.15, -0.1) is 11.3 Å². The molecule has 80 valence electrons. The van der Waals surface area contributed by atoms with E-state index in [2.05, 4.69) is 15.0 Å². The van der Waals surface area contributed by atoms with E-state index in [0.717, 1.165) is 22.7 Å². The van der Waals surface area contributed by atoms with Gasteiger partial charge in [-0.3, -0.25) is 0 Å². The number of hydrogen-bond donors (Lipinski definition) is 1. The molecule has 0 radical (unpaired) electrons. The van der Waals surface area contributed by atoms with Crippen molar-refractivity contribution in [2.45, 2.75) is 0 Å². The molecule has 3 aromatic heterocycles.